The lowest BCUT2D eigenvalue weighted by atomic mass is 10.1. The summed E-state index contributed by atoms with van der Waals surface area (Å²) >= 11 is 0. The second-order valence-electron chi connectivity index (χ2n) is 3.23. The van der Waals surface area contributed by atoms with E-state index in [0.717, 1.165) is 13.2 Å². The molecule has 0 fully saturated rings. The quantitative estimate of drug-likeness (QED) is 0.835. The maximum Gasteiger partial charge on any atom is 0.574 e. The van der Waals surface area contributed by atoms with Crippen LogP contribution in [0.1, 0.15) is 16.1 Å². The van der Waals surface area contributed by atoms with Crippen LogP contribution in [0.2, 0.25) is 0 Å². The van der Waals surface area contributed by atoms with Gasteiger partial charge < -0.3 is 19.9 Å². The van der Waals surface area contributed by atoms with Crippen LogP contribution in [0.15, 0.2) is 6.07 Å². The average Bonchev–Trinajstić information content (AvgIpc) is 2.34. The second kappa shape index (κ2) is 5.74. The molecule has 1 aromatic heterocycles. The van der Waals surface area contributed by atoms with Gasteiger partial charge in [-0.05, 0) is 0 Å². The Kier molecular flexibility index (Phi) is 4.54. The summed E-state index contributed by atoms with van der Waals surface area (Å²) in [5.74, 6) is -1.81. The predicted molar refractivity (Wildman–Crippen MR) is 56.7 cm³/mol. The Morgan fingerprint density at radius 3 is 2.47 bits per heavy atom. The Bertz CT molecular complexity index is 477. The number of carbonyl (C=O) groups excluding carboxylic acids is 1. The lowest BCUT2D eigenvalue weighted by molar-refractivity contribution is -0.276. The molecule has 2 N–H and O–H groups in total. The number of nitrogens with zero attached hydrogens (tertiary/aromatic N) is 1. The van der Waals surface area contributed by atoms with Crippen molar-refractivity contribution in [1.29, 1.82) is 0 Å². The molecule has 6 nitrogen and oxygen atoms in total. The van der Waals surface area contributed by atoms with Gasteiger partial charge in [-0.1, -0.05) is 0 Å². The van der Waals surface area contributed by atoms with Gasteiger partial charge in [0.25, 0.3) is 0 Å². The molecule has 9 heteroatoms. The van der Waals surface area contributed by atoms with Gasteiger partial charge in [-0.15, -0.1) is 13.2 Å². The lowest BCUT2D eigenvalue weighted by Gasteiger charge is -2.14. The van der Waals surface area contributed by atoms with Gasteiger partial charge in [0.15, 0.2) is 5.69 Å². The SMILES string of the molecule is COC(=O)c1nc(OC(F)(F)F)cc(OC)c1CN. The van der Waals surface area contributed by atoms with E-state index in [4.69, 9.17) is 10.5 Å². The Labute approximate surface area is 106 Å². The minimum atomic E-state index is -4.93. The Balaban J connectivity index is 3.34. The van der Waals surface area contributed by atoms with Crippen LogP contribution >= 0.6 is 0 Å². The van der Waals surface area contributed by atoms with E-state index in [1.807, 2.05) is 0 Å². The fourth-order valence-corrected chi connectivity index (χ4v) is 1.34. The number of hydrogen-bond acceptors (Lipinski definition) is 6. The number of esters is 1. The van der Waals surface area contributed by atoms with E-state index >= 15 is 0 Å². The first-order valence-corrected chi connectivity index (χ1v) is 4.94. The molecule has 0 radical (unpaired) electrons. The van der Waals surface area contributed by atoms with E-state index in [2.05, 4.69) is 14.5 Å². The number of ether oxygens (including phenoxy) is 3. The highest BCUT2D eigenvalue weighted by Crippen LogP contribution is 2.29. The molecule has 0 saturated carbocycles. The van der Waals surface area contributed by atoms with Crippen molar-refractivity contribution in [2.75, 3.05) is 14.2 Å². The Morgan fingerprint density at radius 2 is 2.05 bits per heavy atom. The van der Waals surface area contributed by atoms with Gasteiger partial charge in [-0.3, -0.25) is 0 Å². The van der Waals surface area contributed by atoms with Crippen molar-refractivity contribution in [2.24, 2.45) is 5.73 Å². The molecule has 19 heavy (non-hydrogen) atoms. The summed E-state index contributed by atoms with van der Waals surface area (Å²) in [6.07, 6.45) is -4.93. The number of aromatic nitrogens is 1. The van der Waals surface area contributed by atoms with Crippen LogP contribution in [0.5, 0.6) is 11.6 Å². The maximum atomic E-state index is 12.1. The summed E-state index contributed by atoms with van der Waals surface area (Å²) in [5.41, 5.74) is 5.15. The summed E-state index contributed by atoms with van der Waals surface area (Å²) in [5, 5.41) is 0. The van der Waals surface area contributed by atoms with Gasteiger partial charge in [-0.2, -0.15) is 0 Å². The second-order valence-corrected chi connectivity index (χ2v) is 3.23. The molecule has 0 aliphatic heterocycles. The average molecular weight is 280 g/mol. The molecule has 106 valence electrons. The van der Waals surface area contributed by atoms with Crippen molar-refractivity contribution in [3.05, 3.63) is 17.3 Å². The Hall–Kier alpha value is -2.03. The molecular formula is C10H11F3N2O4. The summed E-state index contributed by atoms with van der Waals surface area (Å²) in [4.78, 5) is 14.9. The number of methoxy groups -OCH3 is 2. The number of carbonyl (C=O) groups is 1. The minimum Gasteiger partial charge on any atom is -0.496 e. The standard InChI is InChI=1S/C10H11F3N2O4/c1-17-6-3-7(19-10(11,12)13)15-8(5(6)4-14)9(16)18-2/h3H,4,14H2,1-2H3. The van der Waals surface area contributed by atoms with E-state index in [1.165, 1.54) is 7.11 Å². The first-order chi connectivity index (χ1) is 8.82. The molecule has 0 amide bonds. The van der Waals surface area contributed by atoms with Crippen molar-refractivity contribution in [3.8, 4) is 11.6 Å². The van der Waals surface area contributed by atoms with Gasteiger partial charge in [-0.25, -0.2) is 9.78 Å². The third-order valence-corrected chi connectivity index (χ3v) is 2.08. The summed E-state index contributed by atoms with van der Waals surface area (Å²) < 4.78 is 49.3. The lowest BCUT2D eigenvalue weighted by Crippen LogP contribution is -2.20. The molecule has 0 saturated heterocycles. The van der Waals surface area contributed by atoms with Crippen LogP contribution in [0.25, 0.3) is 0 Å². The molecule has 0 unspecified atom stereocenters. The largest absolute Gasteiger partial charge is 0.574 e. The van der Waals surface area contributed by atoms with Crippen LogP contribution < -0.4 is 15.2 Å². The predicted octanol–water partition coefficient (Wildman–Crippen LogP) is 1.23. The van der Waals surface area contributed by atoms with Gasteiger partial charge >= 0.3 is 12.3 Å². The molecule has 0 aliphatic carbocycles. The van der Waals surface area contributed by atoms with Gasteiger partial charge in [0.1, 0.15) is 5.75 Å². The fraction of sp³-hybridized carbons (Fsp3) is 0.400. The van der Waals surface area contributed by atoms with Crippen LogP contribution in [0.4, 0.5) is 13.2 Å². The number of pyridine rings is 1. The van der Waals surface area contributed by atoms with Crippen LogP contribution in [-0.2, 0) is 11.3 Å². The van der Waals surface area contributed by atoms with Crippen LogP contribution in [0, 0.1) is 0 Å². The van der Waals surface area contributed by atoms with Crippen molar-refractivity contribution in [3.63, 3.8) is 0 Å². The summed E-state index contributed by atoms with van der Waals surface area (Å²) in [7, 11) is 2.28. The number of halogens is 3. The molecule has 0 spiro atoms. The topological polar surface area (TPSA) is 83.7 Å². The molecule has 1 rings (SSSR count). The highest BCUT2D eigenvalue weighted by Gasteiger charge is 2.33. The zero-order valence-corrected chi connectivity index (χ0v) is 10.1. The van der Waals surface area contributed by atoms with Crippen molar-refractivity contribution in [2.45, 2.75) is 12.9 Å². The smallest absolute Gasteiger partial charge is 0.496 e. The fourth-order valence-electron chi connectivity index (χ4n) is 1.34. The number of hydrogen-bond donors (Lipinski definition) is 1. The molecule has 1 aromatic rings. The van der Waals surface area contributed by atoms with E-state index in [9.17, 15) is 18.0 Å². The normalized spacial score (nSPS) is 11.1. The van der Waals surface area contributed by atoms with Crippen molar-refractivity contribution < 1.29 is 32.2 Å². The molecule has 0 aliphatic rings. The van der Waals surface area contributed by atoms with E-state index in [1.54, 1.807) is 0 Å². The van der Waals surface area contributed by atoms with Gasteiger partial charge in [0.05, 0.1) is 14.2 Å². The van der Waals surface area contributed by atoms with E-state index < -0.39 is 18.2 Å². The third kappa shape index (κ3) is 3.71. The van der Waals surface area contributed by atoms with Gasteiger partial charge in [0.2, 0.25) is 5.88 Å². The number of rotatable bonds is 4. The number of nitrogens with two attached hydrogens (primary N) is 1. The highest BCUT2D eigenvalue weighted by molar-refractivity contribution is 5.89. The van der Waals surface area contributed by atoms with Gasteiger partial charge in [0, 0.05) is 18.2 Å². The summed E-state index contributed by atoms with van der Waals surface area (Å²) in [6.45, 7) is -0.160. The highest BCUT2D eigenvalue weighted by atomic mass is 19.4. The molecular weight excluding hydrogens is 269 g/mol. The van der Waals surface area contributed by atoms with E-state index in [0.29, 0.717) is 0 Å². The monoisotopic (exact) mass is 280 g/mol. The maximum absolute atomic E-state index is 12.1. The van der Waals surface area contributed by atoms with Crippen LogP contribution in [-0.4, -0.2) is 31.5 Å². The number of alkyl halides is 3. The first-order valence-electron chi connectivity index (χ1n) is 4.94. The molecule has 0 atom stereocenters. The van der Waals surface area contributed by atoms with Crippen molar-refractivity contribution in [1.82, 2.24) is 4.98 Å². The zero-order chi connectivity index (χ0) is 14.6. The van der Waals surface area contributed by atoms with Crippen molar-refractivity contribution >= 4 is 5.97 Å². The third-order valence-electron chi connectivity index (χ3n) is 2.08. The molecule has 0 aromatic carbocycles. The van der Waals surface area contributed by atoms with E-state index in [-0.39, 0.29) is 23.6 Å². The van der Waals surface area contributed by atoms with Crippen LogP contribution in [0.3, 0.4) is 0 Å². The Morgan fingerprint density at radius 1 is 1.42 bits per heavy atom. The minimum absolute atomic E-state index is 0.0443. The molecule has 1 heterocycles. The zero-order valence-electron chi connectivity index (χ0n) is 10.1. The first kappa shape index (κ1) is 15.0. The summed E-state index contributed by atoms with van der Waals surface area (Å²) in [6, 6.07) is 0.891. The molecule has 0 bridgehead atoms.